The van der Waals surface area contributed by atoms with Crippen LogP contribution in [0.3, 0.4) is 0 Å². The number of aliphatic hydroxyl groups excluding tert-OH is 1. The van der Waals surface area contributed by atoms with Gasteiger partial charge in [0.05, 0.1) is 11.6 Å². The Labute approximate surface area is 122 Å². The standard InChI is InChI=1S/C14H18ClNO4/c15-12-3-1-2-10(8-17)14(12)20-9-13(18)16-11-4-6-19-7-5-11/h1-3,11,17H,4-9H2,(H,16,18). The highest BCUT2D eigenvalue weighted by Gasteiger charge is 2.17. The highest BCUT2D eigenvalue weighted by molar-refractivity contribution is 6.32. The van der Waals surface area contributed by atoms with Gasteiger partial charge in [-0.25, -0.2) is 0 Å². The van der Waals surface area contributed by atoms with E-state index in [9.17, 15) is 9.90 Å². The Morgan fingerprint density at radius 1 is 1.45 bits per heavy atom. The second kappa shape index (κ2) is 7.47. The van der Waals surface area contributed by atoms with E-state index in [4.69, 9.17) is 21.1 Å². The molecule has 0 saturated carbocycles. The fourth-order valence-corrected chi connectivity index (χ4v) is 2.34. The number of ether oxygens (including phenoxy) is 2. The van der Waals surface area contributed by atoms with Crippen molar-refractivity contribution in [2.24, 2.45) is 0 Å². The van der Waals surface area contributed by atoms with E-state index in [1.165, 1.54) is 0 Å². The van der Waals surface area contributed by atoms with E-state index in [-0.39, 0.29) is 25.2 Å². The minimum Gasteiger partial charge on any atom is -0.482 e. The van der Waals surface area contributed by atoms with Gasteiger partial charge in [0.25, 0.3) is 5.91 Å². The molecule has 20 heavy (non-hydrogen) atoms. The molecule has 5 nitrogen and oxygen atoms in total. The van der Waals surface area contributed by atoms with Gasteiger partial charge in [-0.3, -0.25) is 4.79 Å². The molecule has 1 aromatic carbocycles. The molecule has 0 atom stereocenters. The molecule has 0 radical (unpaired) electrons. The van der Waals surface area contributed by atoms with Crippen LogP contribution >= 0.6 is 11.6 Å². The van der Waals surface area contributed by atoms with E-state index in [1.807, 2.05) is 0 Å². The van der Waals surface area contributed by atoms with Gasteiger partial charge >= 0.3 is 0 Å². The van der Waals surface area contributed by atoms with Gasteiger partial charge in [-0.2, -0.15) is 0 Å². The highest BCUT2D eigenvalue weighted by Crippen LogP contribution is 2.28. The lowest BCUT2D eigenvalue weighted by Crippen LogP contribution is -2.41. The second-order valence-electron chi connectivity index (χ2n) is 4.63. The number of hydrogen-bond donors (Lipinski definition) is 2. The van der Waals surface area contributed by atoms with Crippen molar-refractivity contribution in [1.82, 2.24) is 5.32 Å². The fourth-order valence-electron chi connectivity index (χ4n) is 2.09. The summed E-state index contributed by atoms with van der Waals surface area (Å²) < 4.78 is 10.7. The maximum atomic E-state index is 11.8. The fraction of sp³-hybridized carbons (Fsp3) is 0.500. The minimum atomic E-state index is -0.194. The van der Waals surface area contributed by atoms with Crippen LogP contribution in [0.2, 0.25) is 5.02 Å². The molecule has 0 spiro atoms. The predicted octanol–water partition coefficient (Wildman–Crippen LogP) is 1.51. The zero-order chi connectivity index (χ0) is 14.4. The lowest BCUT2D eigenvalue weighted by Gasteiger charge is -2.23. The molecule has 1 heterocycles. The van der Waals surface area contributed by atoms with Crippen molar-refractivity contribution in [3.8, 4) is 5.75 Å². The van der Waals surface area contributed by atoms with Crippen LogP contribution < -0.4 is 10.1 Å². The molecular formula is C14H18ClNO4. The first-order valence-corrected chi connectivity index (χ1v) is 6.96. The molecule has 2 rings (SSSR count). The van der Waals surface area contributed by atoms with Gasteiger partial charge in [-0.15, -0.1) is 0 Å². The quantitative estimate of drug-likeness (QED) is 0.865. The number of carbonyl (C=O) groups excluding carboxylic acids is 1. The van der Waals surface area contributed by atoms with Crippen molar-refractivity contribution < 1.29 is 19.4 Å². The molecule has 110 valence electrons. The third kappa shape index (κ3) is 4.10. The molecule has 0 aromatic heterocycles. The van der Waals surface area contributed by atoms with Crippen LogP contribution in [0.1, 0.15) is 18.4 Å². The summed E-state index contributed by atoms with van der Waals surface area (Å²) >= 11 is 6.00. The molecule has 0 aliphatic carbocycles. The van der Waals surface area contributed by atoms with Gasteiger partial charge in [0.2, 0.25) is 0 Å². The number of benzene rings is 1. The van der Waals surface area contributed by atoms with Gasteiger partial charge in [-0.1, -0.05) is 23.7 Å². The van der Waals surface area contributed by atoms with E-state index >= 15 is 0 Å². The molecule has 1 aliphatic heterocycles. The maximum Gasteiger partial charge on any atom is 0.258 e. The molecule has 0 bridgehead atoms. The van der Waals surface area contributed by atoms with Crippen molar-refractivity contribution in [3.63, 3.8) is 0 Å². The Balaban J connectivity index is 1.86. The minimum absolute atomic E-state index is 0.117. The monoisotopic (exact) mass is 299 g/mol. The zero-order valence-corrected chi connectivity index (χ0v) is 11.9. The largest absolute Gasteiger partial charge is 0.482 e. The third-order valence-corrected chi connectivity index (χ3v) is 3.45. The molecule has 1 aliphatic rings. The van der Waals surface area contributed by atoms with Crippen molar-refractivity contribution in [2.45, 2.75) is 25.5 Å². The Morgan fingerprint density at radius 3 is 2.90 bits per heavy atom. The zero-order valence-electron chi connectivity index (χ0n) is 11.1. The first kappa shape index (κ1) is 15.1. The number of rotatable bonds is 5. The number of amides is 1. The Morgan fingerprint density at radius 2 is 2.20 bits per heavy atom. The lowest BCUT2D eigenvalue weighted by atomic mass is 10.1. The number of halogens is 1. The van der Waals surface area contributed by atoms with Crippen LogP contribution in [-0.2, 0) is 16.1 Å². The third-order valence-electron chi connectivity index (χ3n) is 3.15. The summed E-state index contributed by atoms with van der Waals surface area (Å²) in [7, 11) is 0. The molecule has 1 amide bonds. The second-order valence-corrected chi connectivity index (χ2v) is 5.04. The summed E-state index contributed by atoms with van der Waals surface area (Å²) in [6, 6.07) is 5.23. The van der Waals surface area contributed by atoms with E-state index in [0.717, 1.165) is 12.8 Å². The number of para-hydroxylation sites is 1. The first-order valence-electron chi connectivity index (χ1n) is 6.59. The summed E-state index contributed by atoms with van der Waals surface area (Å²) in [5, 5.41) is 12.5. The van der Waals surface area contributed by atoms with E-state index in [1.54, 1.807) is 18.2 Å². The van der Waals surface area contributed by atoms with E-state index in [2.05, 4.69) is 5.32 Å². The molecule has 6 heteroatoms. The van der Waals surface area contributed by atoms with E-state index < -0.39 is 0 Å². The van der Waals surface area contributed by atoms with Gasteiger partial charge in [0.15, 0.2) is 6.61 Å². The maximum absolute atomic E-state index is 11.8. The van der Waals surface area contributed by atoms with Crippen molar-refractivity contribution in [2.75, 3.05) is 19.8 Å². The van der Waals surface area contributed by atoms with Crippen LogP contribution in [0.5, 0.6) is 5.75 Å². The smallest absolute Gasteiger partial charge is 0.258 e. The molecule has 1 saturated heterocycles. The van der Waals surface area contributed by atoms with Crippen LogP contribution in [0.15, 0.2) is 18.2 Å². The average molecular weight is 300 g/mol. The number of nitrogens with one attached hydrogen (secondary N) is 1. The SMILES string of the molecule is O=C(COc1c(Cl)cccc1CO)NC1CCOCC1. The molecule has 2 N–H and O–H groups in total. The first-order chi connectivity index (χ1) is 9.70. The van der Waals surface area contributed by atoms with Crippen LogP contribution in [-0.4, -0.2) is 36.9 Å². The van der Waals surface area contributed by atoms with Crippen molar-refractivity contribution in [3.05, 3.63) is 28.8 Å². The van der Waals surface area contributed by atoms with E-state index in [0.29, 0.717) is 29.5 Å². The average Bonchev–Trinajstić information content (AvgIpc) is 2.46. The van der Waals surface area contributed by atoms with Crippen molar-refractivity contribution in [1.29, 1.82) is 0 Å². The Kier molecular flexibility index (Phi) is 5.64. The Hall–Kier alpha value is -1.30. The van der Waals surface area contributed by atoms with Gasteiger partial charge in [0.1, 0.15) is 5.75 Å². The summed E-state index contributed by atoms with van der Waals surface area (Å²) in [5.41, 5.74) is 0.566. The summed E-state index contributed by atoms with van der Waals surface area (Å²) in [6.07, 6.45) is 1.64. The van der Waals surface area contributed by atoms with Crippen LogP contribution in [0, 0.1) is 0 Å². The number of carbonyl (C=O) groups is 1. The molecule has 0 unspecified atom stereocenters. The van der Waals surface area contributed by atoms with Gasteiger partial charge in [-0.05, 0) is 18.9 Å². The number of aliphatic hydroxyl groups is 1. The van der Waals surface area contributed by atoms with Crippen LogP contribution in [0.4, 0.5) is 0 Å². The summed E-state index contributed by atoms with van der Waals surface area (Å²) in [6.45, 7) is 1.04. The lowest BCUT2D eigenvalue weighted by molar-refractivity contribution is -0.124. The molecular weight excluding hydrogens is 282 g/mol. The Bertz CT molecular complexity index is 460. The molecule has 1 fully saturated rings. The topological polar surface area (TPSA) is 67.8 Å². The van der Waals surface area contributed by atoms with Gasteiger partial charge in [0, 0.05) is 24.8 Å². The van der Waals surface area contributed by atoms with Crippen molar-refractivity contribution >= 4 is 17.5 Å². The highest BCUT2D eigenvalue weighted by atomic mass is 35.5. The van der Waals surface area contributed by atoms with Crippen LogP contribution in [0.25, 0.3) is 0 Å². The summed E-state index contributed by atoms with van der Waals surface area (Å²) in [4.78, 5) is 11.8. The van der Waals surface area contributed by atoms with Gasteiger partial charge < -0.3 is 19.9 Å². The number of hydrogen-bond acceptors (Lipinski definition) is 4. The summed E-state index contributed by atoms with van der Waals surface area (Å²) in [5.74, 6) is 0.166. The molecule has 1 aromatic rings. The normalized spacial score (nSPS) is 15.9. The predicted molar refractivity (Wildman–Crippen MR) is 74.9 cm³/mol.